The first kappa shape index (κ1) is 18.8. The Kier molecular flexibility index (Phi) is 5.09. The van der Waals surface area contributed by atoms with Crippen LogP contribution in [-0.4, -0.2) is 31.0 Å². The first-order chi connectivity index (χ1) is 14.0. The molecule has 0 bridgehead atoms. The van der Waals surface area contributed by atoms with Crippen molar-refractivity contribution in [3.05, 3.63) is 65.7 Å². The van der Waals surface area contributed by atoms with Crippen LogP contribution in [0.25, 0.3) is 16.7 Å². The predicted octanol–water partition coefficient (Wildman–Crippen LogP) is 4.63. The van der Waals surface area contributed by atoms with Crippen molar-refractivity contribution in [1.29, 1.82) is 0 Å². The van der Waals surface area contributed by atoms with Crippen LogP contribution in [0.3, 0.4) is 0 Å². The third kappa shape index (κ3) is 3.88. The van der Waals surface area contributed by atoms with Gasteiger partial charge in [-0.2, -0.15) is 10.2 Å². The summed E-state index contributed by atoms with van der Waals surface area (Å²) in [7, 11) is 0. The molecule has 3 aromatic heterocycles. The summed E-state index contributed by atoms with van der Waals surface area (Å²) in [5, 5.41) is 14.9. The highest BCUT2D eigenvalue weighted by Crippen LogP contribution is 2.31. The Balaban J connectivity index is 1.56. The summed E-state index contributed by atoms with van der Waals surface area (Å²) in [6, 6.07) is 9.05. The third-order valence-electron chi connectivity index (χ3n) is 4.33. The Morgan fingerprint density at radius 3 is 2.55 bits per heavy atom. The van der Waals surface area contributed by atoms with Crippen molar-refractivity contribution in [3.8, 4) is 5.82 Å². The van der Waals surface area contributed by atoms with Gasteiger partial charge < -0.3 is 10.6 Å². The molecule has 4 rings (SSSR count). The number of halogens is 1. The van der Waals surface area contributed by atoms with Crippen molar-refractivity contribution in [2.45, 2.75) is 19.8 Å². The third-order valence-corrected chi connectivity index (χ3v) is 4.61. The molecule has 9 heteroatoms. The normalized spacial score (nSPS) is 11.0. The van der Waals surface area contributed by atoms with Crippen LogP contribution in [0.2, 0.25) is 5.02 Å². The fourth-order valence-electron chi connectivity index (χ4n) is 3.14. The molecule has 2 amide bonds. The van der Waals surface area contributed by atoms with Gasteiger partial charge in [-0.3, -0.25) is 4.98 Å². The molecular formula is C20H18ClN7O. The zero-order valence-electron chi connectivity index (χ0n) is 15.8. The molecule has 29 heavy (non-hydrogen) atoms. The maximum atomic E-state index is 12.6. The molecule has 0 aliphatic rings. The lowest BCUT2D eigenvalue weighted by molar-refractivity contribution is 0.262. The molecular weight excluding hydrogens is 390 g/mol. The number of nitrogens with zero attached hydrogens (tertiary/aromatic N) is 5. The number of hydrogen-bond acceptors (Lipinski definition) is 5. The molecule has 2 N–H and O–H groups in total. The monoisotopic (exact) mass is 407 g/mol. The smallest absolute Gasteiger partial charge is 0.306 e. The van der Waals surface area contributed by atoms with Crippen LogP contribution in [0.5, 0.6) is 0 Å². The number of fused-ring (bicyclic) bond motifs is 1. The maximum absolute atomic E-state index is 12.6. The van der Waals surface area contributed by atoms with Crippen molar-refractivity contribution >= 4 is 39.9 Å². The van der Waals surface area contributed by atoms with Crippen LogP contribution < -0.4 is 10.6 Å². The molecule has 0 radical (unpaired) electrons. The van der Waals surface area contributed by atoms with E-state index in [1.807, 2.05) is 24.3 Å². The van der Waals surface area contributed by atoms with Crippen molar-refractivity contribution in [2.75, 3.05) is 10.6 Å². The number of urea groups is 1. The van der Waals surface area contributed by atoms with Gasteiger partial charge in [0.25, 0.3) is 0 Å². The number of benzene rings is 1. The summed E-state index contributed by atoms with van der Waals surface area (Å²) in [5.41, 5.74) is 3.03. The van der Waals surface area contributed by atoms with Crippen LogP contribution in [0, 0.1) is 0 Å². The summed E-state index contributed by atoms with van der Waals surface area (Å²) in [4.78, 5) is 22.5. The Labute approximate surface area is 171 Å². The molecule has 0 saturated carbocycles. The fraction of sp³-hybridized carbons (Fsp3) is 0.150. The first-order valence-corrected chi connectivity index (χ1v) is 9.38. The predicted molar refractivity (Wildman–Crippen MR) is 113 cm³/mol. The highest BCUT2D eigenvalue weighted by atomic mass is 35.5. The number of carbonyl (C=O) groups is 1. The van der Waals surface area contributed by atoms with E-state index >= 15 is 0 Å². The van der Waals surface area contributed by atoms with Gasteiger partial charge in [-0.1, -0.05) is 43.6 Å². The van der Waals surface area contributed by atoms with E-state index < -0.39 is 6.03 Å². The van der Waals surface area contributed by atoms with E-state index in [2.05, 4.69) is 44.6 Å². The number of hydrogen-bond donors (Lipinski definition) is 2. The number of nitrogens with one attached hydrogen (secondary N) is 2. The summed E-state index contributed by atoms with van der Waals surface area (Å²) >= 11 is 6.25. The second kappa shape index (κ2) is 7.84. The van der Waals surface area contributed by atoms with Crippen LogP contribution in [0.4, 0.5) is 16.2 Å². The highest BCUT2D eigenvalue weighted by molar-refractivity contribution is 6.32. The van der Waals surface area contributed by atoms with E-state index in [0.29, 0.717) is 22.2 Å². The quantitative estimate of drug-likeness (QED) is 0.514. The van der Waals surface area contributed by atoms with Gasteiger partial charge in [-0.15, -0.1) is 4.80 Å². The molecule has 0 fully saturated rings. The summed E-state index contributed by atoms with van der Waals surface area (Å²) < 4.78 is 0. The minimum atomic E-state index is -0.410. The Bertz CT molecular complexity index is 1170. The summed E-state index contributed by atoms with van der Waals surface area (Å²) in [6.45, 7) is 4.16. The molecule has 4 aromatic rings. The average molecular weight is 408 g/mol. The van der Waals surface area contributed by atoms with Gasteiger partial charge in [0.2, 0.25) is 0 Å². The Morgan fingerprint density at radius 2 is 1.83 bits per heavy atom. The topological polar surface area (TPSA) is 97.6 Å². The minimum absolute atomic E-state index is 0.204. The maximum Gasteiger partial charge on any atom is 0.323 e. The van der Waals surface area contributed by atoms with Gasteiger partial charge in [0.1, 0.15) is 0 Å². The van der Waals surface area contributed by atoms with E-state index in [0.717, 1.165) is 16.5 Å². The molecule has 0 atom stereocenters. The van der Waals surface area contributed by atoms with Gasteiger partial charge in [0.15, 0.2) is 5.82 Å². The average Bonchev–Trinajstić information content (AvgIpc) is 3.22. The molecule has 0 aliphatic carbocycles. The molecule has 3 heterocycles. The molecule has 0 unspecified atom stereocenters. The lowest BCUT2D eigenvalue weighted by atomic mass is 9.97. The van der Waals surface area contributed by atoms with E-state index in [9.17, 15) is 4.79 Å². The Hall–Kier alpha value is -3.52. The van der Waals surface area contributed by atoms with Gasteiger partial charge in [0.05, 0.1) is 46.7 Å². The van der Waals surface area contributed by atoms with Crippen LogP contribution in [0.1, 0.15) is 25.3 Å². The zero-order valence-corrected chi connectivity index (χ0v) is 16.6. The zero-order chi connectivity index (χ0) is 20.4. The second-order valence-corrected chi connectivity index (χ2v) is 7.09. The molecule has 8 nitrogen and oxygen atoms in total. The standard InChI is InChI=1S/C20H18ClN7O/c1-12(2)18-14-5-3-4-6-16(14)22-11-17(18)27-20(29)26-13-9-15(21)19(23-10-13)28-24-7-8-25-28/h3-12H,1-2H3,(H2,26,27,29). The summed E-state index contributed by atoms with van der Waals surface area (Å²) in [6.07, 6.45) is 6.23. The largest absolute Gasteiger partial charge is 0.323 e. The van der Waals surface area contributed by atoms with Crippen molar-refractivity contribution in [2.24, 2.45) is 0 Å². The van der Waals surface area contributed by atoms with Gasteiger partial charge in [-0.05, 0) is 23.6 Å². The first-order valence-electron chi connectivity index (χ1n) is 9.01. The van der Waals surface area contributed by atoms with Gasteiger partial charge in [-0.25, -0.2) is 9.78 Å². The number of para-hydroxylation sites is 1. The Morgan fingerprint density at radius 1 is 1.07 bits per heavy atom. The minimum Gasteiger partial charge on any atom is -0.306 e. The molecule has 0 spiro atoms. The fourth-order valence-corrected chi connectivity index (χ4v) is 3.38. The van der Waals surface area contributed by atoms with Crippen LogP contribution >= 0.6 is 11.6 Å². The SMILES string of the molecule is CC(C)c1c(NC(=O)Nc2cnc(-n3nccn3)c(Cl)c2)cnc2ccccc12. The van der Waals surface area contributed by atoms with Crippen molar-refractivity contribution < 1.29 is 4.79 Å². The number of pyridine rings is 2. The van der Waals surface area contributed by atoms with Gasteiger partial charge in [0, 0.05) is 5.39 Å². The van der Waals surface area contributed by atoms with Gasteiger partial charge >= 0.3 is 6.03 Å². The second-order valence-electron chi connectivity index (χ2n) is 6.68. The lowest BCUT2D eigenvalue weighted by Crippen LogP contribution is -2.21. The number of anilines is 2. The molecule has 0 saturated heterocycles. The number of amides is 2. The van der Waals surface area contributed by atoms with E-state index in [4.69, 9.17) is 11.6 Å². The number of aromatic nitrogens is 5. The van der Waals surface area contributed by atoms with Crippen LogP contribution in [0.15, 0.2) is 55.1 Å². The number of carbonyl (C=O) groups excluding carboxylic acids is 1. The highest BCUT2D eigenvalue weighted by Gasteiger charge is 2.15. The van der Waals surface area contributed by atoms with E-state index in [1.165, 1.54) is 23.4 Å². The molecule has 0 aliphatic heterocycles. The van der Waals surface area contributed by atoms with Crippen molar-refractivity contribution in [1.82, 2.24) is 25.0 Å². The van der Waals surface area contributed by atoms with Crippen molar-refractivity contribution in [3.63, 3.8) is 0 Å². The molecule has 146 valence electrons. The lowest BCUT2D eigenvalue weighted by Gasteiger charge is -2.16. The van der Waals surface area contributed by atoms with E-state index in [-0.39, 0.29) is 5.92 Å². The van der Waals surface area contributed by atoms with E-state index in [1.54, 1.807) is 12.3 Å². The number of rotatable bonds is 4. The summed E-state index contributed by atoms with van der Waals surface area (Å²) in [5.74, 6) is 0.582. The molecule has 1 aromatic carbocycles. The van der Waals surface area contributed by atoms with Crippen LogP contribution in [-0.2, 0) is 0 Å².